The van der Waals surface area contributed by atoms with Crippen molar-refractivity contribution in [2.45, 2.75) is 19.5 Å². The minimum Gasteiger partial charge on any atom is -0.328 e. The normalized spacial score (nSPS) is 11.8. The number of hydrogen-bond acceptors (Lipinski definition) is 1. The Bertz CT molecular complexity index is 833. The Morgan fingerprint density at radius 2 is 1.56 bits per heavy atom. The van der Waals surface area contributed by atoms with Crippen LogP contribution in [0.3, 0.4) is 0 Å². The summed E-state index contributed by atoms with van der Waals surface area (Å²) in [7, 11) is 0. The molecular weight excluding hydrogens is 374 g/mol. The molecule has 0 bridgehead atoms. The van der Waals surface area contributed by atoms with E-state index in [1.807, 2.05) is 65.6 Å². The summed E-state index contributed by atoms with van der Waals surface area (Å²) in [5.41, 5.74) is 2.93. The number of halogens is 1. The van der Waals surface area contributed by atoms with Crippen LogP contribution in [-0.4, -0.2) is 10.8 Å². The van der Waals surface area contributed by atoms with Crippen molar-refractivity contribution in [3.63, 3.8) is 0 Å². The zero-order valence-electron chi connectivity index (χ0n) is 14.1. The quantitative estimate of drug-likeness (QED) is 0.531. The van der Waals surface area contributed by atoms with Crippen LogP contribution in [0.25, 0.3) is 0 Å². The molecule has 0 aromatic heterocycles. The summed E-state index contributed by atoms with van der Waals surface area (Å²) in [5, 5.41) is 0. The summed E-state index contributed by atoms with van der Waals surface area (Å²) in [4.78, 5) is 15.1. The second kappa shape index (κ2) is 8.13. The number of rotatable bonds is 5. The van der Waals surface area contributed by atoms with Gasteiger partial charge in [0.2, 0.25) is 0 Å². The molecule has 2 nitrogen and oxygen atoms in total. The minimum absolute atomic E-state index is 0.0205. The second-order valence-electron chi connectivity index (χ2n) is 6.02. The highest BCUT2D eigenvalue weighted by molar-refractivity contribution is 9.10. The third-order valence-corrected chi connectivity index (χ3v) is 4.77. The lowest BCUT2D eigenvalue weighted by atomic mass is 10.0. The van der Waals surface area contributed by atoms with E-state index >= 15 is 0 Å². The molecule has 126 valence electrons. The summed E-state index contributed by atoms with van der Waals surface area (Å²) in [6.07, 6.45) is 0. The maximum Gasteiger partial charge on any atom is 0.254 e. The predicted molar refractivity (Wildman–Crippen MR) is 105 cm³/mol. The largest absolute Gasteiger partial charge is 0.328 e. The van der Waals surface area contributed by atoms with Gasteiger partial charge in [0.25, 0.3) is 5.91 Å². The first-order chi connectivity index (χ1) is 12.1. The molecule has 0 saturated heterocycles. The van der Waals surface area contributed by atoms with Crippen molar-refractivity contribution >= 4 is 21.8 Å². The van der Waals surface area contributed by atoms with Gasteiger partial charge in [-0.15, -0.1) is 0 Å². The van der Waals surface area contributed by atoms with Crippen LogP contribution in [0.1, 0.15) is 34.5 Å². The molecule has 3 heteroatoms. The molecule has 0 radical (unpaired) electrons. The number of carbonyl (C=O) groups excluding carboxylic acids is 1. The van der Waals surface area contributed by atoms with Gasteiger partial charge < -0.3 is 4.90 Å². The zero-order valence-corrected chi connectivity index (χ0v) is 15.7. The number of carbonyl (C=O) groups is 1. The van der Waals surface area contributed by atoms with Crippen molar-refractivity contribution in [3.8, 4) is 0 Å². The Hall–Kier alpha value is -2.39. The minimum atomic E-state index is -0.0205. The summed E-state index contributed by atoms with van der Waals surface area (Å²) < 4.78 is 0.908. The van der Waals surface area contributed by atoms with Crippen LogP contribution in [0, 0.1) is 0 Å². The van der Waals surface area contributed by atoms with E-state index in [9.17, 15) is 4.79 Å². The van der Waals surface area contributed by atoms with Gasteiger partial charge in [-0.3, -0.25) is 4.79 Å². The molecule has 25 heavy (non-hydrogen) atoms. The third-order valence-electron chi connectivity index (χ3n) is 4.28. The lowest BCUT2D eigenvalue weighted by Crippen LogP contribution is -2.33. The van der Waals surface area contributed by atoms with Gasteiger partial charge in [0.1, 0.15) is 0 Å². The summed E-state index contributed by atoms with van der Waals surface area (Å²) in [6, 6.07) is 27.8. The molecule has 0 N–H and O–H groups in total. The van der Waals surface area contributed by atoms with Crippen molar-refractivity contribution in [3.05, 3.63) is 106 Å². The SMILES string of the molecule is CC(c1ccccc1)N(Cc1ccccc1)C(=O)c1cccc(Br)c1. The average Bonchev–Trinajstić information content (AvgIpc) is 2.66. The first-order valence-corrected chi connectivity index (χ1v) is 9.10. The van der Waals surface area contributed by atoms with Gasteiger partial charge in [-0.1, -0.05) is 82.7 Å². The summed E-state index contributed by atoms with van der Waals surface area (Å²) >= 11 is 3.46. The average molecular weight is 394 g/mol. The van der Waals surface area contributed by atoms with Crippen LogP contribution in [-0.2, 0) is 6.54 Å². The van der Waals surface area contributed by atoms with Gasteiger partial charge in [-0.05, 0) is 36.2 Å². The van der Waals surface area contributed by atoms with Crippen LogP contribution in [0.15, 0.2) is 89.4 Å². The van der Waals surface area contributed by atoms with Gasteiger partial charge in [0.05, 0.1) is 6.04 Å². The van der Waals surface area contributed by atoms with E-state index < -0.39 is 0 Å². The smallest absolute Gasteiger partial charge is 0.254 e. The predicted octanol–water partition coefficient (Wildman–Crippen LogP) is 5.85. The van der Waals surface area contributed by atoms with Gasteiger partial charge in [-0.2, -0.15) is 0 Å². The molecule has 3 aromatic rings. The highest BCUT2D eigenvalue weighted by Gasteiger charge is 2.23. The molecule has 1 amide bonds. The third kappa shape index (κ3) is 4.37. The van der Waals surface area contributed by atoms with Gasteiger partial charge in [-0.25, -0.2) is 0 Å². The fraction of sp³-hybridized carbons (Fsp3) is 0.136. The van der Waals surface area contributed by atoms with E-state index in [0.29, 0.717) is 12.1 Å². The van der Waals surface area contributed by atoms with Crippen LogP contribution >= 0.6 is 15.9 Å². The fourth-order valence-electron chi connectivity index (χ4n) is 2.86. The Balaban J connectivity index is 1.95. The van der Waals surface area contributed by atoms with Gasteiger partial charge >= 0.3 is 0 Å². The molecule has 0 aliphatic heterocycles. The first kappa shape index (κ1) is 17.4. The lowest BCUT2D eigenvalue weighted by molar-refractivity contribution is 0.0674. The molecule has 0 fully saturated rings. The summed E-state index contributed by atoms with van der Waals surface area (Å²) in [5.74, 6) is 0.0292. The van der Waals surface area contributed by atoms with E-state index in [1.54, 1.807) is 0 Å². The number of benzene rings is 3. The van der Waals surface area contributed by atoms with Crippen molar-refractivity contribution in [2.24, 2.45) is 0 Å². The van der Waals surface area contributed by atoms with Crippen molar-refractivity contribution in [1.29, 1.82) is 0 Å². The molecule has 0 aliphatic carbocycles. The molecule has 1 unspecified atom stereocenters. The molecule has 0 spiro atoms. The van der Waals surface area contributed by atoms with Crippen LogP contribution < -0.4 is 0 Å². The van der Waals surface area contributed by atoms with Gasteiger partial charge in [0, 0.05) is 16.6 Å². The van der Waals surface area contributed by atoms with Crippen LogP contribution in [0.2, 0.25) is 0 Å². The highest BCUT2D eigenvalue weighted by atomic mass is 79.9. The number of nitrogens with zero attached hydrogens (tertiary/aromatic N) is 1. The topological polar surface area (TPSA) is 20.3 Å². The van der Waals surface area contributed by atoms with E-state index in [1.165, 1.54) is 0 Å². The van der Waals surface area contributed by atoms with Crippen LogP contribution in [0.4, 0.5) is 0 Å². The molecular formula is C22H20BrNO. The van der Waals surface area contributed by atoms with Crippen LogP contribution in [0.5, 0.6) is 0 Å². The van der Waals surface area contributed by atoms with Gasteiger partial charge in [0.15, 0.2) is 0 Å². The Labute approximate surface area is 157 Å². The number of hydrogen-bond donors (Lipinski definition) is 0. The molecule has 3 rings (SSSR count). The van der Waals surface area contributed by atoms with E-state index in [0.717, 1.165) is 15.6 Å². The van der Waals surface area contributed by atoms with Crippen molar-refractivity contribution in [2.75, 3.05) is 0 Å². The number of amides is 1. The zero-order chi connectivity index (χ0) is 17.6. The van der Waals surface area contributed by atoms with Crippen molar-refractivity contribution in [1.82, 2.24) is 4.90 Å². The Morgan fingerprint density at radius 3 is 2.20 bits per heavy atom. The second-order valence-corrected chi connectivity index (χ2v) is 6.93. The Morgan fingerprint density at radius 1 is 0.920 bits per heavy atom. The highest BCUT2D eigenvalue weighted by Crippen LogP contribution is 2.25. The molecule has 0 aliphatic rings. The fourth-order valence-corrected chi connectivity index (χ4v) is 3.26. The standard InChI is InChI=1S/C22H20BrNO/c1-17(19-11-6-3-7-12-19)24(16-18-9-4-2-5-10-18)22(25)20-13-8-14-21(23)15-20/h2-15,17H,16H2,1H3. The molecule has 1 atom stereocenters. The summed E-state index contributed by atoms with van der Waals surface area (Å²) in [6.45, 7) is 2.65. The lowest BCUT2D eigenvalue weighted by Gasteiger charge is -2.30. The maximum atomic E-state index is 13.2. The van der Waals surface area contributed by atoms with E-state index in [-0.39, 0.29) is 11.9 Å². The molecule has 3 aromatic carbocycles. The van der Waals surface area contributed by atoms with Crippen molar-refractivity contribution < 1.29 is 4.79 Å². The molecule has 0 saturated carbocycles. The van der Waals surface area contributed by atoms with E-state index in [4.69, 9.17) is 0 Å². The Kier molecular flexibility index (Phi) is 5.67. The first-order valence-electron chi connectivity index (χ1n) is 8.30. The molecule has 0 heterocycles. The van der Waals surface area contributed by atoms with E-state index in [2.05, 4.69) is 47.1 Å². The maximum absolute atomic E-state index is 13.2. The monoisotopic (exact) mass is 393 g/mol.